The highest BCUT2D eigenvalue weighted by molar-refractivity contribution is 5.17. The van der Waals surface area contributed by atoms with Crippen LogP contribution in [0.3, 0.4) is 0 Å². The molecule has 0 radical (unpaired) electrons. The third-order valence-electron chi connectivity index (χ3n) is 2.03. The number of halogens is 1. The Morgan fingerprint density at radius 2 is 2.17 bits per heavy atom. The fourth-order valence-corrected chi connectivity index (χ4v) is 1.31. The molecular formula is C9H15FN2. The van der Waals surface area contributed by atoms with Crippen LogP contribution >= 0.6 is 0 Å². The van der Waals surface area contributed by atoms with Crippen LogP contribution in [-0.2, 0) is 12.5 Å². The number of hydrogen-bond acceptors (Lipinski definition) is 1. The Hall–Kier alpha value is -0.860. The van der Waals surface area contributed by atoms with E-state index < -0.39 is 5.41 Å². The predicted molar refractivity (Wildman–Crippen MR) is 46.9 cm³/mol. The van der Waals surface area contributed by atoms with Crippen molar-refractivity contribution in [3.05, 3.63) is 17.5 Å². The van der Waals surface area contributed by atoms with Gasteiger partial charge in [-0.3, -0.25) is 9.07 Å². The van der Waals surface area contributed by atoms with Crippen molar-refractivity contribution in [1.29, 1.82) is 0 Å². The van der Waals surface area contributed by atoms with Crippen molar-refractivity contribution < 1.29 is 4.39 Å². The van der Waals surface area contributed by atoms with Crippen LogP contribution in [0.5, 0.6) is 0 Å². The van der Waals surface area contributed by atoms with Crippen molar-refractivity contribution in [2.24, 2.45) is 7.05 Å². The first-order valence-corrected chi connectivity index (χ1v) is 4.04. The van der Waals surface area contributed by atoms with Crippen LogP contribution in [0.4, 0.5) is 4.39 Å². The maximum atomic E-state index is 12.6. The third-order valence-corrected chi connectivity index (χ3v) is 2.03. The molecule has 0 aromatic carbocycles. The number of aromatic nitrogens is 2. The summed E-state index contributed by atoms with van der Waals surface area (Å²) in [5, 5.41) is 4.18. The Morgan fingerprint density at radius 3 is 2.50 bits per heavy atom. The predicted octanol–water partition coefficient (Wildman–Crippen LogP) is 1.98. The van der Waals surface area contributed by atoms with Gasteiger partial charge in [-0.2, -0.15) is 5.10 Å². The van der Waals surface area contributed by atoms with Crippen molar-refractivity contribution in [2.75, 3.05) is 6.67 Å². The Bertz CT molecular complexity index is 276. The van der Waals surface area contributed by atoms with Crippen molar-refractivity contribution >= 4 is 0 Å². The first-order chi connectivity index (χ1) is 5.47. The molecule has 0 N–H and O–H groups in total. The lowest BCUT2D eigenvalue weighted by Gasteiger charge is -2.20. The van der Waals surface area contributed by atoms with Crippen LogP contribution in [0.1, 0.15) is 25.2 Å². The zero-order valence-corrected chi connectivity index (χ0v) is 8.06. The largest absolute Gasteiger partial charge is 0.272 e. The van der Waals surface area contributed by atoms with Gasteiger partial charge >= 0.3 is 0 Å². The van der Waals surface area contributed by atoms with Gasteiger partial charge in [0.2, 0.25) is 0 Å². The maximum Gasteiger partial charge on any atom is 0.100 e. The number of aryl methyl sites for hydroxylation is 2. The highest BCUT2D eigenvalue weighted by Crippen LogP contribution is 2.23. The Morgan fingerprint density at radius 1 is 1.58 bits per heavy atom. The van der Waals surface area contributed by atoms with Gasteiger partial charge in [-0.05, 0) is 13.0 Å². The van der Waals surface area contributed by atoms with Gasteiger partial charge < -0.3 is 0 Å². The summed E-state index contributed by atoms with van der Waals surface area (Å²) in [5.41, 5.74) is 1.47. The summed E-state index contributed by atoms with van der Waals surface area (Å²) in [6.45, 7) is 5.32. The Kier molecular flexibility index (Phi) is 2.22. The van der Waals surface area contributed by atoms with Crippen LogP contribution in [0.2, 0.25) is 0 Å². The topological polar surface area (TPSA) is 17.8 Å². The van der Waals surface area contributed by atoms with Gasteiger partial charge in [0.1, 0.15) is 6.67 Å². The first kappa shape index (κ1) is 9.23. The molecule has 1 aromatic rings. The molecule has 0 unspecified atom stereocenters. The molecule has 0 aliphatic rings. The minimum absolute atomic E-state index is 0.355. The molecule has 68 valence electrons. The first-order valence-electron chi connectivity index (χ1n) is 4.04. The number of alkyl halides is 1. The lowest BCUT2D eigenvalue weighted by Crippen LogP contribution is -2.23. The summed E-state index contributed by atoms with van der Waals surface area (Å²) < 4.78 is 14.3. The van der Waals surface area contributed by atoms with Gasteiger partial charge in [0, 0.05) is 18.2 Å². The van der Waals surface area contributed by atoms with E-state index in [4.69, 9.17) is 0 Å². The molecule has 0 amide bonds. The summed E-state index contributed by atoms with van der Waals surface area (Å²) in [7, 11) is 1.85. The molecular weight excluding hydrogens is 155 g/mol. The van der Waals surface area contributed by atoms with Crippen LogP contribution in [0, 0.1) is 6.92 Å². The van der Waals surface area contributed by atoms with E-state index in [9.17, 15) is 4.39 Å². The van der Waals surface area contributed by atoms with E-state index in [-0.39, 0.29) is 6.67 Å². The molecule has 2 nitrogen and oxygen atoms in total. The Balaban J connectivity index is 3.09. The standard InChI is InChI=1S/C9H15FN2/c1-7-5-8(12(4)11-7)9(2,3)6-10/h5H,6H2,1-4H3. The highest BCUT2D eigenvalue weighted by atomic mass is 19.1. The van der Waals surface area contributed by atoms with Crippen molar-refractivity contribution in [1.82, 2.24) is 9.78 Å². The van der Waals surface area contributed by atoms with Gasteiger partial charge in [-0.1, -0.05) is 13.8 Å². The van der Waals surface area contributed by atoms with E-state index in [2.05, 4.69) is 5.10 Å². The minimum Gasteiger partial charge on any atom is -0.272 e. The second kappa shape index (κ2) is 2.88. The van der Waals surface area contributed by atoms with Crippen molar-refractivity contribution in [3.8, 4) is 0 Å². The van der Waals surface area contributed by atoms with Gasteiger partial charge in [0.25, 0.3) is 0 Å². The fraction of sp³-hybridized carbons (Fsp3) is 0.667. The minimum atomic E-state index is -0.421. The van der Waals surface area contributed by atoms with E-state index in [1.807, 2.05) is 33.9 Å². The Labute approximate surface area is 72.4 Å². The molecule has 0 bridgehead atoms. The maximum absolute atomic E-state index is 12.6. The summed E-state index contributed by atoms with van der Waals surface area (Å²) in [6.07, 6.45) is 0. The van der Waals surface area contributed by atoms with Crippen molar-refractivity contribution in [3.63, 3.8) is 0 Å². The molecule has 0 aliphatic carbocycles. The molecule has 3 heteroatoms. The molecule has 12 heavy (non-hydrogen) atoms. The highest BCUT2D eigenvalue weighted by Gasteiger charge is 2.24. The molecule has 1 aromatic heterocycles. The monoisotopic (exact) mass is 170 g/mol. The fourth-order valence-electron chi connectivity index (χ4n) is 1.31. The molecule has 0 saturated carbocycles. The lowest BCUT2D eigenvalue weighted by atomic mass is 9.91. The summed E-state index contributed by atoms with van der Waals surface area (Å²) in [4.78, 5) is 0. The van der Waals surface area contributed by atoms with E-state index in [1.165, 1.54) is 0 Å². The van der Waals surface area contributed by atoms with Gasteiger partial charge in [0.05, 0.1) is 5.69 Å². The number of rotatable bonds is 2. The second-order valence-corrected chi connectivity index (χ2v) is 3.81. The smallest absolute Gasteiger partial charge is 0.100 e. The van der Waals surface area contributed by atoms with E-state index in [1.54, 1.807) is 4.68 Å². The van der Waals surface area contributed by atoms with Crippen LogP contribution in [0.15, 0.2) is 6.07 Å². The zero-order chi connectivity index (χ0) is 9.35. The van der Waals surface area contributed by atoms with E-state index in [0.29, 0.717) is 0 Å². The second-order valence-electron chi connectivity index (χ2n) is 3.81. The number of nitrogens with zero attached hydrogens (tertiary/aromatic N) is 2. The average molecular weight is 170 g/mol. The normalized spacial score (nSPS) is 12.1. The van der Waals surface area contributed by atoms with Gasteiger partial charge in [0.15, 0.2) is 0 Å². The van der Waals surface area contributed by atoms with Crippen molar-refractivity contribution in [2.45, 2.75) is 26.2 Å². The van der Waals surface area contributed by atoms with Crippen LogP contribution < -0.4 is 0 Å². The summed E-state index contributed by atoms with van der Waals surface area (Å²) in [6, 6.07) is 1.93. The average Bonchev–Trinajstić information content (AvgIpc) is 2.31. The summed E-state index contributed by atoms with van der Waals surface area (Å²) in [5.74, 6) is 0. The SMILES string of the molecule is Cc1cc(C(C)(C)CF)n(C)n1. The lowest BCUT2D eigenvalue weighted by molar-refractivity contribution is 0.335. The molecule has 0 spiro atoms. The molecule has 0 saturated heterocycles. The summed E-state index contributed by atoms with van der Waals surface area (Å²) >= 11 is 0. The van der Waals surface area contributed by atoms with E-state index in [0.717, 1.165) is 11.4 Å². The molecule has 0 fully saturated rings. The quantitative estimate of drug-likeness (QED) is 0.663. The van der Waals surface area contributed by atoms with E-state index >= 15 is 0 Å². The van der Waals surface area contributed by atoms with Gasteiger partial charge in [-0.25, -0.2) is 0 Å². The van der Waals surface area contributed by atoms with Crippen LogP contribution in [-0.4, -0.2) is 16.5 Å². The molecule has 1 heterocycles. The number of hydrogen-bond donors (Lipinski definition) is 0. The van der Waals surface area contributed by atoms with Gasteiger partial charge in [-0.15, -0.1) is 0 Å². The van der Waals surface area contributed by atoms with Crippen LogP contribution in [0.25, 0.3) is 0 Å². The zero-order valence-electron chi connectivity index (χ0n) is 8.06. The molecule has 1 rings (SSSR count). The molecule has 0 atom stereocenters. The molecule has 0 aliphatic heterocycles. The third kappa shape index (κ3) is 1.49.